The highest BCUT2D eigenvalue weighted by Gasteiger charge is 2.26. The number of aliphatic hydroxyl groups excluding tert-OH is 1. The Balaban J connectivity index is 1.82. The summed E-state index contributed by atoms with van der Waals surface area (Å²) in [5.74, 6) is -1.36. The van der Waals surface area contributed by atoms with E-state index in [9.17, 15) is 18.7 Å². The van der Waals surface area contributed by atoms with E-state index in [1.54, 1.807) is 29.2 Å². The van der Waals surface area contributed by atoms with Crippen molar-refractivity contribution >= 4 is 17.2 Å². The predicted octanol–water partition coefficient (Wildman–Crippen LogP) is 4.84. The number of carbonyl (C=O) groups excluding carboxylic acids is 1. The van der Waals surface area contributed by atoms with Gasteiger partial charge in [-0.1, -0.05) is 6.07 Å². The molecule has 32 heavy (non-hydrogen) atoms. The molecule has 1 saturated heterocycles. The maximum Gasteiger partial charge on any atom is 0.264 e. The molecule has 0 bridgehead atoms. The van der Waals surface area contributed by atoms with Crippen molar-refractivity contribution in [3.63, 3.8) is 0 Å². The van der Waals surface area contributed by atoms with Crippen LogP contribution in [-0.2, 0) is 0 Å². The summed E-state index contributed by atoms with van der Waals surface area (Å²) in [6.45, 7) is 0.797. The van der Waals surface area contributed by atoms with Crippen molar-refractivity contribution in [2.45, 2.75) is 18.9 Å². The minimum atomic E-state index is -0.671. The van der Waals surface area contributed by atoms with E-state index in [-0.39, 0.29) is 23.8 Å². The van der Waals surface area contributed by atoms with Crippen LogP contribution in [0.25, 0.3) is 21.6 Å². The molecule has 4 rings (SSSR count). The van der Waals surface area contributed by atoms with Gasteiger partial charge in [-0.05, 0) is 60.4 Å². The molecule has 1 aliphatic heterocycles. The molecular weight excluding hydrogens is 434 g/mol. The number of piperidine rings is 1. The maximum absolute atomic E-state index is 14.4. The van der Waals surface area contributed by atoms with E-state index in [0.29, 0.717) is 45.8 Å². The van der Waals surface area contributed by atoms with Gasteiger partial charge in [0.2, 0.25) is 0 Å². The van der Waals surface area contributed by atoms with Gasteiger partial charge in [0, 0.05) is 23.5 Å². The molecule has 2 aromatic carbocycles. The molecule has 8 heteroatoms. The van der Waals surface area contributed by atoms with Crippen LogP contribution in [0, 0.1) is 23.0 Å². The fourth-order valence-electron chi connectivity index (χ4n) is 3.80. The third-order valence-corrected chi connectivity index (χ3v) is 6.61. The molecule has 2 heterocycles. The number of aliphatic hydroxyl groups is 1. The molecule has 1 aromatic heterocycles. The topological polar surface area (TPSA) is 73.6 Å². The summed E-state index contributed by atoms with van der Waals surface area (Å²) < 4.78 is 33.7. The van der Waals surface area contributed by atoms with Crippen molar-refractivity contribution in [1.29, 1.82) is 5.26 Å². The van der Waals surface area contributed by atoms with Crippen LogP contribution in [-0.4, -0.2) is 42.2 Å². The van der Waals surface area contributed by atoms with E-state index >= 15 is 0 Å². The van der Waals surface area contributed by atoms with E-state index in [1.165, 1.54) is 42.7 Å². The van der Waals surface area contributed by atoms with Gasteiger partial charge >= 0.3 is 0 Å². The van der Waals surface area contributed by atoms with Crippen molar-refractivity contribution < 1.29 is 23.4 Å². The molecule has 0 unspecified atom stereocenters. The summed E-state index contributed by atoms with van der Waals surface area (Å²) in [5.41, 5.74) is 1.47. The van der Waals surface area contributed by atoms with Crippen LogP contribution in [0.4, 0.5) is 8.78 Å². The van der Waals surface area contributed by atoms with Gasteiger partial charge in [0.15, 0.2) is 11.6 Å². The largest absolute Gasteiger partial charge is 0.494 e. The quantitative estimate of drug-likeness (QED) is 0.612. The third-order valence-electron chi connectivity index (χ3n) is 5.44. The fraction of sp³-hybridized carbons (Fsp3) is 0.250. The second kappa shape index (κ2) is 9.07. The molecule has 1 atom stereocenters. The van der Waals surface area contributed by atoms with Gasteiger partial charge in [-0.2, -0.15) is 5.26 Å². The number of likely N-dealkylation sites (tertiary alicyclic amines) is 1. The number of nitrogens with zero attached hydrogens (tertiary/aromatic N) is 2. The van der Waals surface area contributed by atoms with E-state index in [1.807, 2.05) is 0 Å². The number of thiophene rings is 1. The number of halogens is 2. The molecule has 0 radical (unpaired) electrons. The zero-order chi connectivity index (χ0) is 22.8. The fourth-order valence-corrected chi connectivity index (χ4v) is 4.95. The molecule has 3 aromatic rings. The third kappa shape index (κ3) is 4.22. The lowest BCUT2D eigenvalue weighted by molar-refractivity contribution is 0.0478. The molecule has 0 spiro atoms. The van der Waals surface area contributed by atoms with Crippen molar-refractivity contribution in [3.05, 3.63) is 64.5 Å². The molecule has 164 valence electrons. The Morgan fingerprint density at radius 3 is 2.59 bits per heavy atom. The van der Waals surface area contributed by atoms with Crippen molar-refractivity contribution in [3.8, 4) is 33.4 Å². The van der Waals surface area contributed by atoms with Crippen LogP contribution in [0.1, 0.15) is 28.1 Å². The van der Waals surface area contributed by atoms with Gasteiger partial charge in [0.25, 0.3) is 5.91 Å². The first kappa shape index (κ1) is 21.9. The van der Waals surface area contributed by atoms with Gasteiger partial charge in [-0.25, -0.2) is 8.78 Å². The number of hydrogen-bond donors (Lipinski definition) is 1. The number of amides is 1. The first-order valence-electron chi connectivity index (χ1n) is 10.1. The Bertz CT molecular complexity index is 1220. The van der Waals surface area contributed by atoms with E-state index in [4.69, 9.17) is 10.00 Å². The van der Waals surface area contributed by atoms with E-state index in [0.717, 1.165) is 0 Å². The highest BCUT2D eigenvalue weighted by molar-refractivity contribution is 7.18. The molecule has 1 amide bonds. The van der Waals surface area contributed by atoms with Crippen molar-refractivity contribution in [2.75, 3.05) is 20.2 Å². The number of β-amino-alcohol motifs (C(OH)–C–C–N with tert-alkyl or cyclic N) is 1. The SMILES string of the molecule is COc1ccc(-c2sc(C(=O)N3CCC[C@@H](O)C3)cc2-c2ccc(C#N)c(F)c2)cc1F. The maximum atomic E-state index is 14.4. The van der Waals surface area contributed by atoms with Gasteiger partial charge < -0.3 is 14.7 Å². The average molecular weight is 454 g/mol. The molecule has 5 nitrogen and oxygen atoms in total. The van der Waals surface area contributed by atoms with Crippen LogP contribution in [0.15, 0.2) is 42.5 Å². The van der Waals surface area contributed by atoms with Crippen LogP contribution in [0.2, 0.25) is 0 Å². The smallest absolute Gasteiger partial charge is 0.264 e. The predicted molar refractivity (Wildman–Crippen MR) is 118 cm³/mol. The highest BCUT2D eigenvalue weighted by Crippen LogP contribution is 2.41. The summed E-state index contributed by atoms with van der Waals surface area (Å²) in [7, 11) is 1.37. The lowest BCUT2D eigenvalue weighted by Crippen LogP contribution is -2.41. The second-order valence-corrected chi connectivity index (χ2v) is 8.61. The Morgan fingerprint density at radius 2 is 1.94 bits per heavy atom. The first-order valence-corrected chi connectivity index (χ1v) is 10.9. The van der Waals surface area contributed by atoms with Crippen LogP contribution in [0.3, 0.4) is 0 Å². The minimum Gasteiger partial charge on any atom is -0.494 e. The molecular formula is C24H20F2N2O3S. The second-order valence-electron chi connectivity index (χ2n) is 7.56. The number of methoxy groups -OCH3 is 1. The number of ether oxygens (including phenoxy) is 1. The van der Waals surface area contributed by atoms with Crippen molar-refractivity contribution in [1.82, 2.24) is 4.90 Å². The summed E-state index contributed by atoms with van der Waals surface area (Å²) in [5, 5.41) is 19.0. The van der Waals surface area contributed by atoms with Crippen LogP contribution >= 0.6 is 11.3 Å². The normalized spacial score (nSPS) is 16.0. The molecule has 0 saturated carbocycles. The molecule has 1 N–H and O–H groups in total. The monoisotopic (exact) mass is 454 g/mol. The zero-order valence-electron chi connectivity index (χ0n) is 17.3. The Kier molecular flexibility index (Phi) is 6.21. The lowest BCUT2D eigenvalue weighted by Gasteiger charge is -2.29. The summed E-state index contributed by atoms with van der Waals surface area (Å²) >= 11 is 1.18. The molecule has 1 aliphatic rings. The Labute approximate surface area is 188 Å². The van der Waals surface area contributed by atoms with Gasteiger partial charge in [0.05, 0.1) is 23.7 Å². The summed E-state index contributed by atoms with van der Waals surface area (Å²) in [6, 6.07) is 12.2. The Hall–Kier alpha value is -3.28. The zero-order valence-corrected chi connectivity index (χ0v) is 18.1. The van der Waals surface area contributed by atoms with E-state index in [2.05, 4.69) is 0 Å². The van der Waals surface area contributed by atoms with Crippen molar-refractivity contribution in [2.24, 2.45) is 0 Å². The number of benzene rings is 2. The minimum absolute atomic E-state index is 0.0837. The van der Waals surface area contributed by atoms with E-state index < -0.39 is 17.7 Å². The number of nitriles is 1. The number of carbonyl (C=O) groups is 1. The number of rotatable bonds is 4. The lowest BCUT2D eigenvalue weighted by atomic mass is 10.0. The highest BCUT2D eigenvalue weighted by atomic mass is 32.1. The average Bonchev–Trinajstić information content (AvgIpc) is 3.24. The first-order chi connectivity index (χ1) is 15.4. The summed E-state index contributed by atoms with van der Waals surface area (Å²) in [6.07, 6.45) is 0.804. The Morgan fingerprint density at radius 1 is 1.19 bits per heavy atom. The summed E-state index contributed by atoms with van der Waals surface area (Å²) in [4.78, 5) is 15.7. The van der Waals surface area contributed by atoms with Gasteiger partial charge in [-0.15, -0.1) is 11.3 Å². The van der Waals surface area contributed by atoms with Crippen LogP contribution < -0.4 is 4.74 Å². The van der Waals surface area contributed by atoms with Gasteiger partial charge in [0.1, 0.15) is 11.9 Å². The standard InChI is InChI=1S/C24H20F2N2O3S/c1-31-21-7-6-15(10-20(21)26)23-18(14-4-5-16(12-27)19(25)9-14)11-22(32-23)24(30)28-8-2-3-17(29)13-28/h4-7,9-11,17,29H,2-3,8,13H2,1H3/t17-/m1/s1. The molecule has 0 aliphatic carbocycles. The number of hydrogen-bond acceptors (Lipinski definition) is 5. The van der Waals surface area contributed by atoms with Gasteiger partial charge in [-0.3, -0.25) is 4.79 Å². The molecule has 1 fully saturated rings. The van der Waals surface area contributed by atoms with Crippen LogP contribution in [0.5, 0.6) is 5.75 Å².